The first kappa shape index (κ1) is 40.1. The minimum Gasteiger partial charge on any atom is -0.493 e. The van der Waals surface area contributed by atoms with Crippen LogP contribution in [0.5, 0.6) is 23.0 Å². The van der Waals surface area contributed by atoms with E-state index in [4.69, 9.17) is 33.2 Å². The van der Waals surface area contributed by atoms with E-state index in [-0.39, 0.29) is 0 Å². The molecular formula is C50H44O9. The summed E-state index contributed by atoms with van der Waals surface area (Å²) < 4.78 is 42.8. The molecule has 0 amide bonds. The molecule has 1 heterocycles. The maximum Gasteiger partial charge on any atom is 0.331 e. The summed E-state index contributed by atoms with van der Waals surface area (Å²) in [6.07, 6.45) is 3.41. The van der Waals surface area contributed by atoms with Crippen LogP contribution in [0.2, 0.25) is 0 Å². The molecule has 2 atom stereocenters. The minimum atomic E-state index is -1.51. The fourth-order valence-corrected chi connectivity index (χ4v) is 7.63. The second kappa shape index (κ2) is 18.0. The van der Waals surface area contributed by atoms with E-state index in [9.17, 15) is 9.59 Å². The van der Waals surface area contributed by atoms with Gasteiger partial charge in [0, 0.05) is 12.2 Å². The molecule has 0 spiro atoms. The Bertz CT molecular complexity index is 2160. The van der Waals surface area contributed by atoms with Crippen LogP contribution in [0.25, 0.3) is 12.2 Å². The lowest BCUT2D eigenvalue weighted by molar-refractivity contribution is -0.164. The predicted octanol–water partition coefficient (Wildman–Crippen LogP) is 9.19. The van der Waals surface area contributed by atoms with Crippen LogP contribution in [0, 0.1) is 0 Å². The van der Waals surface area contributed by atoms with Gasteiger partial charge in [0.25, 0.3) is 0 Å². The van der Waals surface area contributed by atoms with E-state index in [1.165, 1.54) is 12.2 Å². The van der Waals surface area contributed by atoms with Gasteiger partial charge in [-0.15, -0.1) is 0 Å². The molecule has 0 aliphatic carbocycles. The Morgan fingerprint density at radius 1 is 0.441 bits per heavy atom. The lowest BCUT2D eigenvalue weighted by Crippen LogP contribution is -2.48. The van der Waals surface area contributed by atoms with Crippen molar-refractivity contribution in [3.63, 3.8) is 0 Å². The summed E-state index contributed by atoms with van der Waals surface area (Å²) in [7, 11) is 6.20. The number of benzene rings is 6. The van der Waals surface area contributed by atoms with E-state index in [2.05, 4.69) is 0 Å². The van der Waals surface area contributed by atoms with Crippen LogP contribution < -0.4 is 18.9 Å². The van der Waals surface area contributed by atoms with Crippen molar-refractivity contribution in [1.29, 1.82) is 0 Å². The van der Waals surface area contributed by atoms with E-state index in [0.717, 1.165) is 0 Å². The van der Waals surface area contributed by atoms with Crippen LogP contribution in [0.3, 0.4) is 0 Å². The maximum absolute atomic E-state index is 14.3. The molecule has 0 N–H and O–H groups in total. The predicted molar refractivity (Wildman–Crippen MR) is 225 cm³/mol. The van der Waals surface area contributed by atoms with Crippen molar-refractivity contribution in [3.05, 3.63) is 203 Å². The Balaban J connectivity index is 1.42. The third kappa shape index (κ3) is 8.06. The highest BCUT2D eigenvalue weighted by atomic mass is 16.7. The third-order valence-corrected chi connectivity index (χ3v) is 10.3. The zero-order valence-electron chi connectivity index (χ0n) is 33.1. The zero-order valence-corrected chi connectivity index (χ0v) is 33.1. The van der Waals surface area contributed by atoms with Gasteiger partial charge >= 0.3 is 11.9 Å². The highest BCUT2D eigenvalue weighted by molar-refractivity contribution is 5.89. The van der Waals surface area contributed by atoms with Gasteiger partial charge in [0.15, 0.2) is 46.4 Å². The topological polar surface area (TPSA) is 98.8 Å². The molecular weight excluding hydrogens is 745 g/mol. The van der Waals surface area contributed by atoms with Crippen molar-refractivity contribution >= 4 is 24.1 Å². The number of esters is 2. The summed E-state index contributed by atoms with van der Waals surface area (Å²) >= 11 is 0. The first-order valence-electron chi connectivity index (χ1n) is 19.0. The fourth-order valence-electron chi connectivity index (χ4n) is 7.63. The third-order valence-electron chi connectivity index (χ3n) is 10.3. The summed E-state index contributed by atoms with van der Waals surface area (Å²) in [6, 6.07) is 48.8. The Morgan fingerprint density at radius 3 is 1.03 bits per heavy atom. The van der Waals surface area contributed by atoms with Crippen molar-refractivity contribution in [2.75, 3.05) is 28.4 Å². The Labute approximate surface area is 344 Å². The van der Waals surface area contributed by atoms with Crippen LogP contribution in [0.15, 0.2) is 170 Å². The molecule has 0 unspecified atom stereocenters. The number of carbonyl (C=O) groups is 2. The monoisotopic (exact) mass is 788 g/mol. The lowest BCUT2D eigenvalue weighted by Gasteiger charge is -2.37. The number of hydrogen-bond acceptors (Lipinski definition) is 9. The standard InChI is InChI=1S/C50H44O9/c1-53-41-29-25-35(33-43(41)55-3)27-31-45(51)57-47-48(58-46(52)32-28-36-26-30-42(54-2)44(34-36)56-4)50(39-21-13-7-14-22-39,40-23-15-8-16-24-40)59-49(47,37-17-9-5-10-18-37)38-19-11-6-12-20-38/h5-34,47-48H,1-4H3/b31-27+,32-28+/t47-,48-/m1/s1. The lowest BCUT2D eigenvalue weighted by atomic mass is 9.77. The second-order valence-electron chi connectivity index (χ2n) is 13.6. The molecule has 9 nitrogen and oxygen atoms in total. The number of hydrogen-bond donors (Lipinski definition) is 0. The summed E-state index contributed by atoms with van der Waals surface area (Å²) in [5, 5.41) is 0. The number of carbonyl (C=O) groups excluding carboxylic acids is 2. The minimum absolute atomic E-state index is 0.503. The Kier molecular flexibility index (Phi) is 12.2. The summed E-state index contributed by atoms with van der Waals surface area (Å²) in [6.45, 7) is 0. The molecule has 298 valence electrons. The van der Waals surface area contributed by atoms with Gasteiger partial charge in [-0.1, -0.05) is 133 Å². The quantitative estimate of drug-likeness (QED) is 0.0791. The number of ether oxygens (including phenoxy) is 7. The van der Waals surface area contributed by atoms with Crippen molar-refractivity contribution in [3.8, 4) is 23.0 Å². The first-order chi connectivity index (χ1) is 28.9. The van der Waals surface area contributed by atoms with Crippen LogP contribution in [0.4, 0.5) is 0 Å². The largest absolute Gasteiger partial charge is 0.493 e. The van der Waals surface area contributed by atoms with Gasteiger partial charge in [-0.2, -0.15) is 0 Å². The molecule has 59 heavy (non-hydrogen) atoms. The molecule has 1 fully saturated rings. The van der Waals surface area contributed by atoms with Gasteiger partial charge in [-0.25, -0.2) is 9.59 Å². The SMILES string of the molecule is COc1ccc(/C=C/C(=O)O[C@@H]2[C@@H](OC(=O)/C=C/c3ccc(OC)c(OC)c3)C(c3ccccc3)(c3ccccc3)OC2(c2ccccc2)c2ccccc2)cc1OC. The van der Waals surface area contributed by atoms with Crippen molar-refractivity contribution in [2.24, 2.45) is 0 Å². The second-order valence-corrected chi connectivity index (χ2v) is 13.6. The first-order valence-corrected chi connectivity index (χ1v) is 19.0. The highest BCUT2D eigenvalue weighted by Crippen LogP contribution is 2.58. The summed E-state index contributed by atoms with van der Waals surface area (Å²) in [4.78, 5) is 28.7. The zero-order chi connectivity index (χ0) is 41.2. The molecule has 7 rings (SSSR count). The molecule has 0 radical (unpaired) electrons. The molecule has 0 saturated carbocycles. The number of methoxy groups -OCH3 is 4. The van der Waals surface area contributed by atoms with Crippen LogP contribution in [-0.4, -0.2) is 52.6 Å². The molecule has 0 bridgehead atoms. The molecule has 9 heteroatoms. The van der Waals surface area contributed by atoms with Crippen molar-refractivity contribution < 1.29 is 42.7 Å². The number of rotatable bonds is 14. The van der Waals surface area contributed by atoms with Crippen molar-refractivity contribution in [1.82, 2.24) is 0 Å². The van der Waals surface area contributed by atoms with Gasteiger partial charge in [0.1, 0.15) is 0 Å². The Morgan fingerprint density at radius 2 is 0.746 bits per heavy atom. The van der Waals surface area contributed by atoms with E-state index in [0.29, 0.717) is 56.4 Å². The maximum atomic E-state index is 14.3. The highest BCUT2D eigenvalue weighted by Gasteiger charge is 2.69. The van der Waals surface area contributed by atoms with Crippen LogP contribution >= 0.6 is 0 Å². The average Bonchev–Trinajstić information content (AvgIpc) is 3.58. The molecule has 6 aromatic rings. The average molecular weight is 789 g/mol. The molecule has 1 aliphatic rings. The summed E-state index contributed by atoms with van der Waals surface area (Å²) in [5.74, 6) is 0.723. The molecule has 1 aliphatic heterocycles. The summed E-state index contributed by atoms with van der Waals surface area (Å²) in [5.41, 5.74) is 1.05. The van der Waals surface area contributed by atoms with Gasteiger partial charge < -0.3 is 33.2 Å². The van der Waals surface area contributed by atoms with Gasteiger partial charge in [-0.3, -0.25) is 0 Å². The van der Waals surface area contributed by atoms with Gasteiger partial charge in [0.2, 0.25) is 0 Å². The molecule has 0 aromatic heterocycles. The van der Waals surface area contributed by atoms with E-state index in [1.807, 2.05) is 121 Å². The van der Waals surface area contributed by atoms with E-state index >= 15 is 0 Å². The van der Waals surface area contributed by atoms with E-state index < -0.39 is 35.3 Å². The van der Waals surface area contributed by atoms with Gasteiger partial charge in [0.05, 0.1) is 28.4 Å². The fraction of sp³-hybridized carbons (Fsp3) is 0.160. The van der Waals surface area contributed by atoms with Crippen LogP contribution in [-0.2, 0) is 35.0 Å². The smallest absolute Gasteiger partial charge is 0.331 e. The normalized spacial score (nSPS) is 16.7. The Hall–Kier alpha value is -7.10. The molecule has 6 aromatic carbocycles. The van der Waals surface area contributed by atoms with Gasteiger partial charge in [-0.05, 0) is 69.8 Å². The van der Waals surface area contributed by atoms with Crippen molar-refractivity contribution in [2.45, 2.75) is 23.4 Å². The van der Waals surface area contributed by atoms with Crippen LogP contribution in [0.1, 0.15) is 33.4 Å². The van der Waals surface area contributed by atoms with E-state index in [1.54, 1.807) is 77.0 Å². The molecule has 1 saturated heterocycles.